The van der Waals surface area contributed by atoms with Crippen LogP contribution in [-0.2, 0) is 4.79 Å². The van der Waals surface area contributed by atoms with Gasteiger partial charge < -0.3 is 15.8 Å². The molecule has 0 unspecified atom stereocenters. The lowest BCUT2D eigenvalue weighted by molar-refractivity contribution is -0.121. The summed E-state index contributed by atoms with van der Waals surface area (Å²) in [7, 11) is 0. The molecule has 0 atom stereocenters. The number of hydrogen-bond acceptors (Lipinski definition) is 4. The van der Waals surface area contributed by atoms with Crippen LogP contribution in [0.1, 0.15) is 43.0 Å². The SMILES string of the molecule is CC(=O)c1cccc(OCCCC(=O)NCCCCN)c1. The fraction of sp³-hybridized carbons (Fsp3) is 0.500. The largest absolute Gasteiger partial charge is 0.494 e. The molecule has 1 amide bonds. The summed E-state index contributed by atoms with van der Waals surface area (Å²) in [5, 5.41) is 2.85. The molecule has 0 aliphatic rings. The molecule has 0 aliphatic heterocycles. The normalized spacial score (nSPS) is 10.2. The smallest absolute Gasteiger partial charge is 0.220 e. The number of nitrogens with one attached hydrogen (secondary N) is 1. The Morgan fingerprint density at radius 2 is 2.05 bits per heavy atom. The Kier molecular flexibility index (Phi) is 8.12. The van der Waals surface area contributed by atoms with Gasteiger partial charge in [0.05, 0.1) is 6.61 Å². The number of ketones is 1. The highest BCUT2D eigenvalue weighted by molar-refractivity contribution is 5.94. The highest BCUT2D eigenvalue weighted by Gasteiger charge is 2.03. The van der Waals surface area contributed by atoms with Crippen LogP contribution in [0.5, 0.6) is 5.75 Å². The van der Waals surface area contributed by atoms with Gasteiger partial charge in [0.1, 0.15) is 5.75 Å². The average molecular weight is 292 g/mol. The summed E-state index contributed by atoms with van der Waals surface area (Å²) in [6.45, 7) is 3.31. The molecule has 0 aromatic heterocycles. The third-order valence-electron chi connectivity index (χ3n) is 3.01. The van der Waals surface area contributed by atoms with Crippen LogP contribution in [0.15, 0.2) is 24.3 Å². The number of unbranched alkanes of at least 4 members (excludes halogenated alkanes) is 1. The van der Waals surface area contributed by atoms with Crippen molar-refractivity contribution in [2.75, 3.05) is 19.7 Å². The van der Waals surface area contributed by atoms with Gasteiger partial charge in [0.2, 0.25) is 5.91 Å². The number of carbonyl (C=O) groups excluding carboxylic acids is 2. The van der Waals surface area contributed by atoms with Crippen molar-refractivity contribution in [3.8, 4) is 5.75 Å². The predicted molar refractivity (Wildman–Crippen MR) is 82.5 cm³/mol. The Hall–Kier alpha value is -1.88. The Morgan fingerprint density at radius 1 is 1.24 bits per heavy atom. The van der Waals surface area contributed by atoms with Crippen LogP contribution in [0.25, 0.3) is 0 Å². The monoisotopic (exact) mass is 292 g/mol. The van der Waals surface area contributed by atoms with Crippen molar-refractivity contribution < 1.29 is 14.3 Å². The first-order valence-corrected chi connectivity index (χ1v) is 7.34. The van der Waals surface area contributed by atoms with E-state index in [0.29, 0.717) is 43.9 Å². The van der Waals surface area contributed by atoms with Crippen LogP contribution in [0.3, 0.4) is 0 Å². The van der Waals surface area contributed by atoms with Gasteiger partial charge in [-0.15, -0.1) is 0 Å². The van der Waals surface area contributed by atoms with Gasteiger partial charge in [-0.3, -0.25) is 9.59 Å². The topological polar surface area (TPSA) is 81.4 Å². The molecule has 116 valence electrons. The van der Waals surface area contributed by atoms with E-state index >= 15 is 0 Å². The van der Waals surface area contributed by atoms with Crippen molar-refractivity contribution in [2.45, 2.75) is 32.6 Å². The second-order valence-electron chi connectivity index (χ2n) is 4.88. The van der Waals surface area contributed by atoms with Gasteiger partial charge in [0.15, 0.2) is 5.78 Å². The van der Waals surface area contributed by atoms with Crippen molar-refractivity contribution in [3.63, 3.8) is 0 Å². The molecule has 1 aromatic carbocycles. The van der Waals surface area contributed by atoms with Gasteiger partial charge in [-0.05, 0) is 44.9 Å². The number of benzene rings is 1. The molecule has 0 saturated heterocycles. The number of carbonyl (C=O) groups is 2. The highest BCUT2D eigenvalue weighted by Crippen LogP contribution is 2.14. The van der Waals surface area contributed by atoms with Crippen LogP contribution in [0.2, 0.25) is 0 Å². The van der Waals surface area contributed by atoms with Crippen LogP contribution in [0.4, 0.5) is 0 Å². The van der Waals surface area contributed by atoms with E-state index in [0.717, 1.165) is 12.8 Å². The van der Waals surface area contributed by atoms with E-state index in [2.05, 4.69) is 5.32 Å². The molecule has 0 spiro atoms. The minimum atomic E-state index is 0.0114. The van der Waals surface area contributed by atoms with Gasteiger partial charge >= 0.3 is 0 Å². The fourth-order valence-electron chi connectivity index (χ4n) is 1.81. The number of amides is 1. The lowest BCUT2D eigenvalue weighted by atomic mass is 10.1. The molecule has 0 bridgehead atoms. The van der Waals surface area contributed by atoms with E-state index in [1.54, 1.807) is 24.3 Å². The summed E-state index contributed by atoms with van der Waals surface area (Å²) < 4.78 is 5.54. The Morgan fingerprint density at radius 3 is 2.76 bits per heavy atom. The quantitative estimate of drug-likeness (QED) is 0.510. The van der Waals surface area contributed by atoms with Crippen molar-refractivity contribution in [1.82, 2.24) is 5.32 Å². The number of ether oxygens (including phenoxy) is 1. The van der Waals surface area contributed by atoms with Crippen LogP contribution in [0, 0.1) is 0 Å². The summed E-state index contributed by atoms with van der Waals surface area (Å²) >= 11 is 0. The van der Waals surface area contributed by atoms with Gasteiger partial charge in [-0.2, -0.15) is 0 Å². The van der Waals surface area contributed by atoms with Gasteiger partial charge in [-0.25, -0.2) is 0 Å². The first-order chi connectivity index (χ1) is 10.1. The minimum absolute atomic E-state index is 0.0114. The van der Waals surface area contributed by atoms with E-state index in [1.807, 2.05) is 0 Å². The van der Waals surface area contributed by atoms with E-state index < -0.39 is 0 Å². The van der Waals surface area contributed by atoms with Crippen molar-refractivity contribution in [3.05, 3.63) is 29.8 Å². The Bertz CT molecular complexity index is 461. The molecule has 3 N–H and O–H groups in total. The molecule has 0 aliphatic carbocycles. The first-order valence-electron chi connectivity index (χ1n) is 7.34. The van der Waals surface area contributed by atoms with Crippen molar-refractivity contribution >= 4 is 11.7 Å². The maximum Gasteiger partial charge on any atom is 0.220 e. The van der Waals surface area contributed by atoms with Crippen LogP contribution in [-0.4, -0.2) is 31.4 Å². The van der Waals surface area contributed by atoms with Crippen LogP contribution < -0.4 is 15.8 Å². The first kappa shape index (κ1) is 17.2. The Labute approximate surface area is 125 Å². The molecule has 0 radical (unpaired) electrons. The van der Waals surface area contributed by atoms with Crippen LogP contribution >= 0.6 is 0 Å². The lowest BCUT2D eigenvalue weighted by Crippen LogP contribution is -2.25. The maximum absolute atomic E-state index is 11.5. The van der Waals surface area contributed by atoms with Gasteiger partial charge in [0.25, 0.3) is 0 Å². The van der Waals surface area contributed by atoms with E-state index in [-0.39, 0.29) is 11.7 Å². The third kappa shape index (κ3) is 7.46. The summed E-state index contributed by atoms with van der Waals surface area (Å²) in [6.07, 6.45) is 2.93. The molecular weight excluding hydrogens is 268 g/mol. The molecule has 5 nitrogen and oxygen atoms in total. The zero-order valence-corrected chi connectivity index (χ0v) is 12.6. The number of nitrogens with two attached hydrogens (primary N) is 1. The Balaban J connectivity index is 2.17. The molecule has 21 heavy (non-hydrogen) atoms. The standard InChI is InChI=1S/C16H24N2O3/c1-13(19)14-6-4-7-15(12-14)21-11-5-8-16(20)18-10-3-2-9-17/h4,6-7,12H,2-3,5,8-11,17H2,1H3,(H,18,20). The molecule has 0 heterocycles. The zero-order valence-electron chi connectivity index (χ0n) is 12.6. The van der Waals surface area contributed by atoms with Crippen molar-refractivity contribution in [2.24, 2.45) is 5.73 Å². The molecular formula is C16H24N2O3. The number of hydrogen-bond donors (Lipinski definition) is 2. The van der Waals surface area contributed by atoms with Gasteiger partial charge in [-0.1, -0.05) is 12.1 Å². The van der Waals surface area contributed by atoms with Crippen molar-refractivity contribution in [1.29, 1.82) is 0 Å². The molecule has 1 aromatic rings. The summed E-state index contributed by atoms with van der Waals surface area (Å²) in [6, 6.07) is 7.06. The van der Waals surface area contributed by atoms with E-state index in [9.17, 15) is 9.59 Å². The second kappa shape index (κ2) is 9.94. The second-order valence-corrected chi connectivity index (χ2v) is 4.88. The molecule has 0 fully saturated rings. The maximum atomic E-state index is 11.5. The molecule has 0 saturated carbocycles. The predicted octanol–water partition coefficient (Wildman–Crippen LogP) is 1.90. The highest BCUT2D eigenvalue weighted by atomic mass is 16.5. The third-order valence-corrected chi connectivity index (χ3v) is 3.01. The summed E-state index contributed by atoms with van der Waals surface area (Å²) in [5.74, 6) is 0.705. The zero-order chi connectivity index (χ0) is 15.5. The molecule has 5 heteroatoms. The van der Waals surface area contributed by atoms with E-state index in [1.165, 1.54) is 6.92 Å². The minimum Gasteiger partial charge on any atom is -0.494 e. The summed E-state index contributed by atoms with van der Waals surface area (Å²) in [5.41, 5.74) is 6.01. The van der Waals surface area contributed by atoms with Gasteiger partial charge in [0, 0.05) is 18.5 Å². The number of rotatable bonds is 10. The summed E-state index contributed by atoms with van der Waals surface area (Å²) in [4.78, 5) is 22.8. The fourth-order valence-corrected chi connectivity index (χ4v) is 1.81. The lowest BCUT2D eigenvalue weighted by Gasteiger charge is -2.07. The number of Topliss-reactive ketones (excluding diaryl/α,β-unsaturated/α-hetero) is 1. The molecule has 1 rings (SSSR count). The average Bonchev–Trinajstić information content (AvgIpc) is 2.48. The van der Waals surface area contributed by atoms with E-state index in [4.69, 9.17) is 10.5 Å².